The van der Waals surface area contributed by atoms with Crippen LogP contribution < -0.4 is 0 Å². The molecule has 3 N–H and O–H groups in total. The minimum absolute atomic E-state index is 0.420. The molecule has 0 aromatic rings. The van der Waals surface area contributed by atoms with Gasteiger partial charge >= 0.3 is 0 Å². The maximum absolute atomic E-state index is 9.99. The third kappa shape index (κ3) is 8.76. The molecule has 1 aliphatic rings. The SMILES string of the molecule is C=CC(O)(CO)C(O)CC/C=C\C[C@H]1CCC[C@@H]1/C=C/C[C@H](C)CCCC. The topological polar surface area (TPSA) is 60.7 Å². The molecule has 27 heavy (non-hydrogen) atoms. The fourth-order valence-electron chi connectivity index (χ4n) is 3.97. The van der Waals surface area contributed by atoms with Gasteiger partial charge in [-0.3, -0.25) is 0 Å². The zero-order chi connectivity index (χ0) is 20.1. The predicted octanol–water partition coefficient (Wildman–Crippen LogP) is 5.17. The minimum Gasteiger partial charge on any atom is -0.393 e. The molecular formula is C24H42O3. The summed E-state index contributed by atoms with van der Waals surface area (Å²) in [4.78, 5) is 0. The van der Waals surface area contributed by atoms with E-state index in [1.165, 1.54) is 51.0 Å². The first-order valence-electron chi connectivity index (χ1n) is 10.9. The molecule has 0 bridgehead atoms. The summed E-state index contributed by atoms with van der Waals surface area (Å²) in [6.07, 6.45) is 20.7. The smallest absolute Gasteiger partial charge is 0.131 e. The summed E-state index contributed by atoms with van der Waals surface area (Å²) in [6.45, 7) is 7.59. The summed E-state index contributed by atoms with van der Waals surface area (Å²) in [5, 5.41) is 29.1. The molecule has 3 heteroatoms. The molecule has 0 saturated heterocycles. The molecule has 0 heterocycles. The molecule has 156 valence electrons. The largest absolute Gasteiger partial charge is 0.393 e. The Balaban J connectivity index is 2.32. The van der Waals surface area contributed by atoms with E-state index in [1.54, 1.807) is 0 Å². The van der Waals surface area contributed by atoms with Gasteiger partial charge in [0, 0.05) is 0 Å². The average Bonchev–Trinajstić information content (AvgIpc) is 3.12. The number of unbranched alkanes of at least 4 members (excludes halogenated alkanes) is 1. The van der Waals surface area contributed by atoms with Crippen LogP contribution in [0, 0.1) is 17.8 Å². The molecule has 0 aromatic heterocycles. The standard InChI is InChI=1S/C24H42O3/c1-4-6-12-20(3)13-10-15-22-17-11-16-21(22)14-8-7-9-18-23(26)24(27,5-2)19-25/h5,7-8,10,15,20-23,25-27H,2,4,6,9,11-14,16-19H2,1,3H3/b8-7-,15-10+/t20-,21+,22+,23?,24?/m1/s1. The summed E-state index contributed by atoms with van der Waals surface area (Å²) in [5.41, 5.74) is -1.59. The van der Waals surface area contributed by atoms with Crippen LogP contribution in [0.5, 0.6) is 0 Å². The van der Waals surface area contributed by atoms with Gasteiger partial charge < -0.3 is 15.3 Å². The molecule has 0 spiro atoms. The van der Waals surface area contributed by atoms with E-state index in [2.05, 4.69) is 44.7 Å². The molecule has 0 radical (unpaired) electrons. The Hall–Kier alpha value is -0.900. The fraction of sp³-hybridized carbons (Fsp3) is 0.750. The number of allylic oxidation sites excluding steroid dienone is 4. The molecule has 1 saturated carbocycles. The van der Waals surface area contributed by atoms with Gasteiger partial charge in [0.2, 0.25) is 0 Å². The Morgan fingerprint density at radius 1 is 1.19 bits per heavy atom. The lowest BCUT2D eigenvalue weighted by molar-refractivity contribution is -0.0731. The van der Waals surface area contributed by atoms with Crippen molar-refractivity contribution < 1.29 is 15.3 Å². The highest BCUT2D eigenvalue weighted by Crippen LogP contribution is 2.35. The zero-order valence-electron chi connectivity index (χ0n) is 17.5. The van der Waals surface area contributed by atoms with Gasteiger partial charge in [0.1, 0.15) is 5.60 Å². The van der Waals surface area contributed by atoms with Crippen molar-refractivity contribution in [3.63, 3.8) is 0 Å². The van der Waals surface area contributed by atoms with Crippen molar-refractivity contribution in [2.45, 2.75) is 89.8 Å². The second kappa shape index (κ2) is 13.3. The molecule has 1 fully saturated rings. The first kappa shape index (κ1) is 24.1. The first-order chi connectivity index (χ1) is 13.0. The van der Waals surface area contributed by atoms with Gasteiger partial charge in [0.05, 0.1) is 12.7 Å². The molecule has 3 nitrogen and oxygen atoms in total. The van der Waals surface area contributed by atoms with Crippen LogP contribution in [0.4, 0.5) is 0 Å². The van der Waals surface area contributed by atoms with E-state index in [-0.39, 0.29) is 0 Å². The lowest BCUT2D eigenvalue weighted by atomic mass is 9.90. The second-order valence-corrected chi connectivity index (χ2v) is 8.42. The number of aliphatic hydroxyl groups excluding tert-OH is 2. The van der Waals surface area contributed by atoms with E-state index < -0.39 is 18.3 Å². The number of aliphatic hydroxyl groups is 3. The summed E-state index contributed by atoms with van der Waals surface area (Å²) in [7, 11) is 0. The lowest BCUT2D eigenvalue weighted by Gasteiger charge is -2.27. The molecule has 1 rings (SSSR count). The van der Waals surface area contributed by atoms with Crippen LogP contribution in [0.2, 0.25) is 0 Å². The second-order valence-electron chi connectivity index (χ2n) is 8.42. The summed E-state index contributed by atoms with van der Waals surface area (Å²) in [5.74, 6) is 2.23. The molecule has 1 aliphatic carbocycles. The number of hydrogen-bond donors (Lipinski definition) is 3. The van der Waals surface area contributed by atoms with Gasteiger partial charge in [0.25, 0.3) is 0 Å². The summed E-state index contributed by atoms with van der Waals surface area (Å²) >= 11 is 0. The third-order valence-corrected chi connectivity index (χ3v) is 6.09. The van der Waals surface area contributed by atoms with Crippen LogP contribution >= 0.6 is 0 Å². The highest BCUT2D eigenvalue weighted by molar-refractivity contribution is 5.02. The average molecular weight is 379 g/mol. The van der Waals surface area contributed by atoms with Crippen LogP contribution in [0.1, 0.15) is 78.1 Å². The van der Waals surface area contributed by atoms with Crippen LogP contribution in [-0.4, -0.2) is 33.6 Å². The maximum Gasteiger partial charge on any atom is 0.131 e. The van der Waals surface area contributed by atoms with Gasteiger partial charge in [-0.25, -0.2) is 0 Å². The summed E-state index contributed by atoms with van der Waals surface area (Å²) < 4.78 is 0. The molecule has 2 unspecified atom stereocenters. The van der Waals surface area contributed by atoms with Crippen molar-refractivity contribution in [3.8, 4) is 0 Å². The van der Waals surface area contributed by atoms with Crippen molar-refractivity contribution in [2.24, 2.45) is 17.8 Å². The van der Waals surface area contributed by atoms with Gasteiger partial charge in [-0.1, -0.05) is 69.9 Å². The Bertz CT molecular complexity index is 457. The van der Waals surface area contributed by atoms with Crippen LogP contribution in [0.3, 0.4) is 0 Å². The molecule has 0 amide bonds. The van der Waals surface area contributed by atoms with E-state index in [1.807, 2.05) is 0 Å². The maximum atomic E-state index is 9.99. The Morgan fingerprint density at radius 3 is 2.63 bits per heavy atom. The van der Waals surface area contributed by atoms with E-state index in [0.29, 0.717) is 18.8 Å². The predicted molar refractivity (Wildman–Crippen MR) is 115 cm³/mol. The molecular weight excluding hydrogens is 336 g/mol. The quantitative estimate of drug-likeness (QED) is 0.365. The number of hydrogen-bond acceptors (Lipinski definition) is 3. The molecule has 0 aliphatic heterocycles. The van der Waals surface area contributed by atoms with E-state index in [9.17, 15) is 15.3 Å². The van der Waals surface area contributed by atoms with Crippen molar-refractivity contribution in [3.05, 3.63) is 37.0 Å². The molecule has 0 aromatic carbocycles. The third-order valence-electron chi connectivity index (χ3n) is 6.09. The van der Waals surface area contributed by atoms with E-state index in [0.717, 1.165) is 18.3 Å². The van der Waals surface area contributed by atoms with Crippen LogP contribution in [-0.2, 0) is 0 Å². The Kier molecular flexibility index (Phi) is 11.9. The van der Waals surface area contributed by atoms with Crippen LogP contribution in [0.25, 0.3) is 0 Å². The lowest BCUT2D eigenvalue weighted by Crippen LogP contribution is -2.43. The van der Waals surface area contributed by atoms with Crippen molar-refractivity contribution in [1.82, 2.24) is 0 Å². The van der Waals surface area contributed by atoms with Gasteiger partial charge in [0.15, 0.2) is 0 Å². The Labute approximate surface area is 166 Å². The summed E-state index contributed by atoms with van der Waals surface area (Å²) in [6, 6.07) is 0. The van der Waals surface area contributed by atoms with Gasteiger partial charge in [-0.05, 0) is 56.3 Å². The monoisotopic (exact) mass is 378 g/mol. The minimum atomic E-state index is -1.59. The number of rotatable bonds is 14. The normalized spacial score (nSPS) is 25.1. The highest BCUT2D eigenvalue weighted by Gasteiger charge is 2.30. The van der Waals surface area contributed by atoms with E-state index in [4.69, 9.17) is 0 Å². The Morgan fingerprint density at radius 2 is 1.96 bits per heavy atom. The van der Waals surface area contributed by atoms with Crippen molar-refractivity contribution >= 4 is 0 Å². The highest BCUT2D eigenvalue weighted by atomic mass is 16.4. The first-order valence-corrected chi connectivity index (χ1v) is 10.9. The van der Waals surface area contributed by atoms with Gasteiger partial charge in [-0.15, -0.1) is 6.58 Å². The molecule has 5 atom stereocenters. The van der Waals surface area contributed by atoms with E-state index >= 15 is 0 Å². The zero-order valence-corrected chi connectivity index (χ0v) is 17.5. The van der Waals surface area contributed by atoms with Gasteiger partial charge in [-0.2, -0.15) is 0 Å². The van der Waals surface area contributed by atoms with Crippen molar-refractivity contribution in [1.29, 1.82) is 0 Å². The van der Waals surface area contributed by atoms with Crippen LogP contribution in [0.15, 0.2) is 37.0 Å². The fourth-order valence-corrected chi connectivity index (χ4v) is 3.97. The van der Waals surface area contributed by atoms with Crippen molar-refractivity contribution in [2.75, 3.05) is 6.61 Å².